The lowest BCUT2D eigenvalue weighted by atomic mass is 10.2. The summed E-state index contributed by atoms with van der Waals surface area (Å²) >= 11 is 0. The Labute approximate surface area is 84.9 Å². The van der Waals surface area contributed by atoms with Crippen molar-refractivity contribution in [3.05, 3.63) is 29.6 Å². The molecule has 0 saturated heterocycles. The van der Waals surface area contributed by atoms with Gasteiger partial charge in [0.15, 0.2) is 0 Å². The molecule has 0 fully saturated rings. The van der Waals surface area contributed by atoms with Gasteiger partial charge in [-0.1, -0.05) is 0 Å². The first-order chi connectivity index (χ1) is 7.13. The summed E-state index contributed by atoms with van der Waals surface area (Å²) in [6.45, 7) is 0. The second-order valence-electron chi connectivity index (χ2n) is 2.49. The molecule has 0 saturated carbocycles. The molecular formula is C8H7N5O2. The summed E-state index contributed by atoms with van der Waals surface area (Å²) in [5.41, 5.74) is 9.08. The van der Waals surface area contributed by atoms with E-state index in [1.54, 1.807) is 0 Å². The summed E-state index contributed by atoms with van der Waals surface area (Å²) in [6.07, 6.45) is 1.25. The van der Waals surface area contributed by atoms with Crippen molar-refractivity contribution in [2.24, 2.45) is 5.73 Å². The van der Waals surface area contributed by atoms with Crippen LogP contribution in [0.4, 0.5) is 4.79 Å². The van der Waals surface area contributed by atoms with Crippen LogP contribution in [0.1, 0.15) is 16.1 Å². The summed E-state index contributed by atoms with van der Waals surface area (Å²) < 4.78 is 0. The molecule has 7 nitrogen and oxygen atoms in total. The number of rotatable bonds is 1. The number of aromatic nitrogens is 1. The number of carbonyl (C=O) groups excluding carboxylic acids is 2. The molecule has 76 valence electrons. The largest absolute Gasteiger partial charge is 0.350 e. The maximum absolute atomic E-state index is 11.2. The number of nitrogens with zero attached hydrogens (tertiary/aromatic N) is 2. The predicted molar refractivity (Wildman–Crippen MR) is 49.1 cm³/mol. The Morgan fingerprint density at radius 3 is 2.60 bits per heavy atom. The molecule has 1 rings (SSSR count). The molecule has 0 bridgehead atoms. The first-order valence-electron chi connectivity index (χ1n) is 3.85. The molecule has 15 heavy (non-hydrogen) atoms. The van der Waals surface area contributed by atoms with E-state index in [1.165, 1.54) is 18.3 Å². The number of amides is 3. The Kier molecular flexibility index (Phi) is 3.19. The van der Waals surface area contributed by atoms with Gasteiger partial charge in [0.25, 0.3) is 5.91 Å². The number of hydrazine groups is 1. The van der Waals surface area contributed by atoms with Crippen molar-refractivity contribution in [2.75, 3.05) is 0 Å². The van der Waals surface area contributed by atoms with Crippen molar-refractivity contribution < 1.29 is 9.59 Å². The number of nitriles is 1. The molecule has 0 aromatic carbocycles. The first kappa shape index (κ1) is 10.5. The fourth-order valence-electron chi connectivity index (χ4n) is 0.777. The Bertz CT molecular complexity index is 420. The summed E-state index contributed by atoms with van der Waals surface area (Å²) in [4.78, 5) is 25.2. The van der Waals surface area contributed by atoms with E-state index >= 15 is 0 Å². The Hall–Kier alpha value is -2.62. The maximum atomic E-state index is 11.2. The second kappa shape index (κ2) is 4.57. The standard InChI is InChI=1S/C8H7N5O2/c9-3-5-1-2-6(11-4-5)7(14)12-13-8(10)15/h1-2,4H,(H,12,14)(H3,10,13,15). The zero-order chi connectivity index (χ0) is 11.3. The summed E-state index contributed by atoms with van der Waals surface area (Å²) in [5, 5.41) is 8.48. The van der Waals surface area contributed by atoms with E-state index in [1.807, 2.05) is 16.9 Å². The van der Waals surface area contributed by atoms with Gasteiger partial charge in [-0.15, -0.1) is 0 Å². The molecule has 4 N–H and O–H groups in total. The molecule has 0 spiro atoms. The number of carbonyl (C=O) groups is 2. The Morgan fingerprint density at radius 2 is 2.13 bits per heavy atom. The molecular weight excluding hydrogens is 198 g/mol. The predicted octanol–water partition coefficient (Wildman–Crippen LogP) is -0.734. The minimum absolute atomic E-state index is 0.0720. The highest BCUT2D eigenvalue weighted by molar-refractivity contribution is 5.93. The van der Waals surface area contributed by atoms with Crippen LogP contribution in [0.3, 0.4) is 0 Å². The average Bonchev–Trinajstić information content (AvgIpc) is 2.26. The van der Waals surface area contributed by atoms with Gasteiger partial charge < -0.3 is 5.73 Å². The number of nitrogens with two attached hydrogens (primary N) is 1. The van der Waals surface area contributed by atoms with Gasteiger partial charge in [-0.25, -0.2) is 15.2 Å². The number of hydrogen-bond acceptors (Lipinski definition) is 4. The van der Waals surface area contributed by atoms with E-state index in [-0.39, 0.29) is 5.69 Å². The van der Waals surface area contributed by atoms with Crippen molar-refractivity contribution in [3.63, 3.8) is 0 Å². The third kappa shape index (κ3) is 2.96. The van der Waals surface area contributed by atoms with E-state index < -0.39 is 11.9 Å². The molecule has 0 aliphatic heterocycles. The lowest BCUT2D eigenvalue weighted by Gasteiger charge is -2.03. The van der Waals surface area contributed by atoms with Crippen LogP contribution >= 0.6 is 0 Å². The lowest BCUT2D eigenvalue weighted by Crippen LogP contribution is -2.44. The monoisotopic (exact) mass is 205 g/mol. The number of urea groups is 1. The quantitative estimate of drug-likeness (QED) is 0.523. The molecule has 7 heteroatoms. The minimum atomic E-state index is -0.878. The van der Waals surface area contributed by atoms with E-state index in [0.717, 1.165) is 0 Å². The van der Waals surface area contributed by atoms with Crippen LogP contribution in [0.5, 0.6) is 0 Å². The minimum Gasteiger partial charge on any atom is -0.350 e. The van der Waals surface area contributed by atoms with Gasteiger partial charge in [0.05, 0.1) is 5.56 Å². The molecule has 0 aliphatic carbocycles. The SMILES string of the molecule is N#Cc1ccc(C(=O)NNC(N)=O)nc1. The third-order valence-electron chi connectivity index (χ3n) is 1.42. The molecule has 0 unspecified atom stereocenters. The van der Waals surface area contributed by atoms with E-state index in [0.29, 0.717) is 5.56 Å². The van der Waals surface area contributed by atoms with E-state index in [4.69, 9.17) is 11.0 Å². The van der Waals surface area contributed by atoms with Crippen LogP contribution in [0.2, 0.25) is 0 Å². The topological polar surface area (TPSA) is 121 Å². The lowest BCUT2D eigenvalue weighted by molar-refractivity contribution is 0.0932. The molecule has 1 heterocycles. The van der Waals surface area contributed by atoms with Crippen LogP contribution in [-0.4, -0.2) is 16.9 Å². The summed E-state index contributed by atoms with van der Waals surface area (Å²) in [6, 6.07) is 3.78. The van der Waals surface area contributed by atoms with Crippen molar-refractivity contribution >= 4 is 11.9 Å². The van der Waals surface area contributed by atoms with Gasteiger partial charge in [0.2, 0.25) is 0 Å². The smallest absolute Gasteiger partial charge is 0.330 e. The van der Waals surface area contributed by atoms with Crippen molar-refractivity contribution in [1.29, 1.82) is 5.26 Å². The zero-order valence-electron chi connectivity index (χ0n) is 7.52. The highest BCUT2D eigenvalue weighted by Crippen LogP contribution is 1.97. The van der Waals surface area contributed by atoms with Crippen LogP contribution in [0.15, 0.2) is 18.3 Å². The van der Waals surface area contributed by atoms with Crippen LogP contribution in [-0.2, 0) is 0 Å². The van der Waals surface area contributed by atoms with Crippen molar-refractivity contribution in [1.82, 2.24) is 15.8 Å². The molecule has 1 aromatic rings. The first-order valence-corrected chi connectivity index (χ1v) is 3.85. The fraction of sp³-hybridized carbons (Fsp3) is 0. The molecule has 0 aliphatic rings. The highest BCUT2D eigenvalue weighted by atomic mass is 16.2. The van der Waals surface area contributed by atoms with Crippen LogP contribution in [0, 0.1) is 11.3 Å². The molecule has 1 aromatic heterocycles. The normalized spacial score (nSPS) is 8.73. The van der Waals surface area contributed by atoms with Gasteiger partial charge >= 0.3 is 6.03 Å². The Balaban J connectivity index is 2.67. The summed E-state index contributed by atoms with van der Waals surface area (Å²) in [7, 11) is 0. The third-order valence-corrected chi connectivity index (χ3v) is 1.42. The van der Waals surface area contributed by atoms with Gasteiger partial charge in [0.1, 0.15) is 11.8 Å². The number of hydrogen-bond donors (Lipinski definition) is 3. The average molecular weight is 205 g/mol. The maximum Gasteiger partial charge on any atom is 0.330 e. The van der Waals surface area contributed by atoms with Crippen molar-refractivity contribution in [3.8, 4) is 6.07 Å². The summed E-state index contributed by atoms with van der Waals surface area (Å²) in [5.74, 6) is -0.613. The van der Waals surface area contributed by atoms with Crippen LogP contribution in [0.25, 0.3) is 0 Å². The number of nitrogens with one attached hydrogen (secondary N) is 2. The van der Waals surface area contributed by atoms with Gasteiger partial charge in [-0.2, -0.15) is 5.26 Å². The van der Waals surface area contributed by atoms with E-state index in [2.05, 4.69) is 4.98 Å². The highest BCUT2D eigenvalue weighted by Gasteiger charge is 2.06. The molecule has 3 amide bonds. The molecule has 0 radical (unpaired) electrons. The van der Waals surface area contributed by atoms with E-state index in [9.17, 15) is 9.59 Å². The van der Waals surface area contributed by atoms with Gasteiger partial charge in [0, 0.05) is 6.20 Å². The fourth-order valence-corrected chi connectivity index (χ4v) is 0.777. The van der Waals surface area contributed by atoms with Gasteiger partial charge in [-0.3, -0.25) is 10.2 Å². The van der Waals surface area contributed by atoms with Gasteiger partial charge in [-0.05, 0) is 12.1 Å². The number of pyridine rings is 1. The van der Waals surface area contributed by atoms with Crippen LogP contribution < -0.4 is 16.6 Å². The zero-order valence-corrected chi connectivity index (χ0v) is 7.52. The number of primary amides is 1. The second-order valence-corrected chi connectivity index (χ2v) is 2.49. The van der Waals surface area contributed by atoms with Crippen molar-refractivity contribution in [2.45, 2.75) is 0 Å². The Morgan fingerprint density at radius 1 is 1.40 bits per heavy atom. The molecule has 0 atom stereocenters.